The second-order valence-corrected chi connectivity index (χ2v) is 5.54. The van der Waals surface area contributed by atoms with Crippen molar-refractivity contribution < 1.29 is 14.3 Å². The first-order valence-electron chi connectivity index (χ1n) is 7.21. The number of benzene rings is 1. The van der Waals surface area contributed by atoms with Crippen LogP contribution in [0.1, 0.15) is 31.2 Å². The molecule has 0 bridgehead atoms. The maximum Gasteiger partial charge on any atom is 0.328 e. The smallest absolute Gasteiger partial charge is 0.328 e. The molecule has 0 unspecified atom stereocenters. The molecule has 1 aliphatic carbocycles. The summed E-state index contributed by atoms with van der Waals surface area (Å²) < 4.78 is 4.88. The lowest BCUT2D eigenvalue weighted by molar-refractivity contribution is -0.144. The maximum atomic E-state index is 12.7. The van der Waals surface area contributed by atoms with Gasteiger partial charge in [-0.15, -0.1) is 0 Å². The molecule has 2 aliphatic rings. The van der Waals surface area contributed by atoms with Crippen molar-refractivity contribution in [3.63, 3.8) is 0 Å². The minimum Gasteiger partial charge on any atom is -0.467 e. The number of esters is 1. The lowest BCUT2D eigenvalue weighted by atomic mass is 9.83. The molecule has 0 saturated heterocycles. The average Bonchev–Trinajstić information content (AvgIpc) is 2.43. The lowest BCUT2D eigenvalue weighted by Crippen LogP contribution is -2.51. The molecule has 20 heavy (non-hydrogen) atoms. The van der Waals surface area contributed by atoms with Crippen LogP contribution in [-0.4, -0.2) is 25.0 Å². The number of aryl methyl sites for hydroxylation is 1. The second kappa shape index (κ2) is 5.27. The quantitative estimate of drug-likeness (QED) is 0.777. The van der Waals surface area contributed by atoms with E-state index in [-0.39, 0.29) is 17.8 Å². The van der Waals surface area contributed by atoms with E-state index in [9.17, 15) is 9.59 Å². The summed E-state index contributed by atoms with van der Waals surface area (Å²) in [5, 5.41) is 0. The molecule has 1 aliphatic heterocycles. The highest BCUT2D eigenvalue weighted by Gasteiger charge is 2.40. The molecular formula is C16H19NO3. The van der Waals surface area contributed by atoms with Crippen molar-refractivity contribution in [1.29, 1.82) is 0 Å². The fraction of sp³-hybridized carbons (Fsp3) is 0.500. The molecule has 1 heterocycles. The molecule has 0 radical (unpaired) electrons. The largest absolute Gasteiger partial charge is 0.467 e. The van der Waals surface area contributed by atoms with Crippen molar-refractivity contribution in [2.75, 3.05) is 12.0 Å². The van der Waals surface area contributed by atoms with Crippen LogP contribution in [0.15, 0.2) is 24.3 Å². The Bertz CT molecular complexity index is 536. The fourth-order valence-electron chi connectivity index (χ4n) is 3.03. The number of fused-ring (bicyclic) bond motifs is 1. The summed E-state index contributed by atoms with van der Waals surface area (Å²) in [6, 6.07) is 7.39. The summed E-state index contributed by atoms with van der Waals surface area (Å²) in [6.07, 6.45) is 4.43. The van der Waals surface area contributed by atoms with Gasteiger partial charge in [0, 0.05) is 11.6 Å². The van der Waals surface area contributed by atoms with Crippen molar-refractivity contribution >= 4 is 17.6 Å². The topological polar surface area (TPSA) is 46.6 Å². The molecular weight excluding hydrogens is 254 g/mol. The van der Waals surface area contributed by atoms with Gasteiger partial charge in [0.2, 0.25) is 5.91 Å². The van der Waals surface area contributed by atoms with E-state index in [4.69, 9.17) is 4.74 Å². The van der Waals surface area contributed by atoms with Gasteiger partial charge in [0.1, 0.15) is 6.04 Å². The van der Waals surface area contributed by atoms with Gasteiger partial charge in [-0.2, -0.15) is 0 Å². The molecule has 0 aromatic heterocycles. The zero-order valence-corrected chi connectivity index (χ0v) is 11.7. The molecule has 1 fully saturated rings. The monoisotopic (exact) mass is 273 g/mol. The van der Waals surface area contributed by atoms with Crippen molar-refractivity contribution in [3.8, 4) is 0 Å². The molecule has 1 amide bonds. The highest BCUT2D eigenvalue weighted by molar-refractivity contribution is 6.02. The Kier molecular flexibility index (Phi) is 3.47. The number of anilines is 1. The van der Waals surface area contributed by atoms with Crippen LogP contribution in [-0.2, 0) is 20.7 Å². The summed E-state index contributed by atoms with van der Waals surface area (Å²) in [5.74, 6) is -0.153. The molecule has 4 heteroatoms. The van der Waals surface area contributed by atoms with Crippen LogP contribution in [0, 0.1) is 5.92 Å². The molecule has 3 rings (SSSR count). The van der Waals surface area contributed by atoms with Crippen LogP contribution < -0.4 is 4.90 Å². The standard InChI is InChI=1S/C16H19NO3/c1-20-16(19)14-10-9-11-5-2-3-8-13(11)17(14)15(18)12-6-4-7-12/h2-3,5,8,12,14H,4,6-7,9-10H2,1H3/t14-/m1/s1. The van der Waals surface area contributed by atoms with Crippen molar-refractivity contribution in [1.82, 2.24) is 0 Å². The summed E-state index contributed by atoms with van der Waals surface area (Å²) in [7, 11) is 1.38. The third kappa shape index (κ3) is 2.09. The van der Waals surface area contributed by atoms with E-state index >= 15 is 0 Å². The van der Waals surface area contributed by atoms with Crippen LogP contribution in [0.25, 0.3) is 0 Å². The summed E-state index contributed by atoms with van der Waals surface area (Å²) in [5.41, 5.74) is 2.02. The number of ether oxygens (including phenoxy) is 1. The van der Waals surface area contributed by atoms with Gasteiger partial charge in [0.05, 0.1) is 7.11 Å². The van der Waals surface area contributed by atoms with Crippen molar-refractivity contribution in [2.45, 2.75) is 38.1 Å². The zero-order chi connectivity index (χ0) is 14.1. The molecule has 0 N–H and O–H groups in total. The van der Waals surface area contributed by atoms with E-state index in [1.165, 1.54) is 7.11 Å². The lowest BCUT2D eigenvalue weighted by Gasteiger charge is -2.39. The number of nitrogens with zero attached hydrogens (tertiary/aromatic N) is 1. The number of hydrogen-bond acceptors (Lipinski definition) is 3. The minimum absolute atomic E-state index is 0.0771. The summed E-state index contributed by atoms with van der Waals surface area (Å²) in [6.45, 7) is 0. The van der Waals surface area contributed by atoms with Crippen molar-refractivity contribution in [2.24, 2.45) is 5.92 Å². The van der Waals surface area contributed by atoms with Gasteiger partial charge < -0.3 is 4.74 Å². The van der Waals surface area contributed by atoms with E-state index in [1.54, 1.807) is 4.90 Å². The summed E-state index contributed by atoms with van der Waals surface area (Å²) in [4.78, 5) is 26.4. The molecule has 1 aromatic carbocycles. The number of para-hydroxylation sites is 1. The average molecular weight is 273 g/mol. The van der Waals surface area contributed by atoms with E-state index < -0.39 is 6.04 Å². The molecule has 1 saturated carbocycles. The predicted molar refractivity (Wildman–Crippen MR) is 75.4 cm³/mol. The van der Waals surface area contributed by atoms with Gasteiger partial charge in [0.25, 0.3) is 0 Å². The summed E-state index contributed by atoms with van der Waals surface area (Å²) >= 11 is 0. The predicted octanol–water partition coefficient (Wildman–Crippen LogP) is 2.31. The van der Waals surface area contributed by atoms with Crippen LogP contribution in [0.2, 0.25) is 0 Å². The first-order chi connectivity index (χ1) is 9.72. The molecule has 106 valence electrons. The fourth-order valence-corrected chi connectivity index (χ4v) is 3.03. The Morgan fingerprint density at radius 2 is 1.95 bits per heavy atom. The zero-order valence-electron chi connectivity index (χ0n) is 11.7. The minimum atomic E-state index is -0.469. The van der Waals surface area contributed by atoms with Gasteiger partial charge in [-0.3, -0.25) is 9.69 Å². The Hall–Kier alpha value is -1.84. The highest BCUT2D eigenvalue weighted by atomic mass is 16.5. The van der Waals surface area contributed by atoms with Crippen LogP contribution in [0.3, 0.4) is 0 Å². The Morgan fingerprint density at radius 3 is 2.60 bits per heavy atom. The van der Waals surface area contributed by atoms with Crippen molar-refractivity contribution in [3.05, 3.63) is 29.8 Å². The Balaban J connectivity index is 1.97. The number of amides is 1. The van der Waals surface area contributed by atoms with E-state index in [0.29, 0.717) is 6.42 Å². The van der Waals surface area contributed by atoms with Crippen LogP contribution in [0.5, 0.6) is 0 Å². The van der Waals surface area contributed by atoms with E-state index in [1.807, 2.05) is 24.3 Å². The first kappa shape index (κ1) is 13.2. The van der Waals surface area contributed by atoms with E-state index in [0.717, 1.165) is 36.9 Å². The number of rotatable bonds is 2. The number of hydrogen-bond donors (Lipinski definition) is 0. The van der Waals surface area contributed by atoms with Gasteiger partial charge >= 0.3 is 5.97 Å². The number of methoxy groups -OCH3 is 1. The number of carbonyl (C=O) groups excluding carboxylic acids is 2. The third-order valence-electron chi connectivity index (χ3n) is 4.42. The molecule has 4 nitrogen and oxygen atoms in total. The van der Waals surface area contributed by atoms with Gasteiger partial charge in [-0.05, 0) is 37.3 Å². The number of carbonyl (C=O) groups is 2. The normalized spacial score (nSPS) is 21.9. The third-order valence-corrected chi connectivity index (χ3v) is 4.42. The molecule has 1 aromatic rings. The van der Waals surface area contributed by atoms with E-state index in [2.05, 4.69) is 0 Å². The second-order valence-electron chi connectivity index (χ2n) is 5.54. The first-order valence-corrected chi connectivity index (χ1v) is 7.21. The van der Waals surface area contributed by atoms with Gasteiger partial charge in [0.15, 0.2) is 0 Å². The Morgan fingerprint density at radius 1 is 1.20 bits per heavy atom. The van der Waals surface area contributed by atoms with Gasteiger partial charge in [-0.25, -0.2) is 4.79 Å². The SMILES string of the molecule is COC(=O)[C@H]1CCc2ccccc2N1C(=O)C1CCC1. The van der Waals surface area contributed by atoms with Gasteiger partial charge in [-0.1, -0.05) is 24.6 Å². The maximum absolute atomic E-state index is 12.7. The van der Waals surface area contributed by atoms with Crippen LogP contribution in [0.4, 0.5) is 5.69 Å². The highest BCUT2D eigenvalue weighted by Crippen LogP contribution is 2.36. The molecule has 1 atom stereocenters. The Labute approximate surface area is 118 Å². The molecule has 0 spiro atoms. The van der Waals surface area contributed by atoms with Crippen LogP contribution >= 0.6 is 0 Å².